The lowest BCUT2D eigenvalue weighted by atomic mass is 9.76. The predicted molar refractivity (Wildman–Crippen MR) is 135 cm³/mol. The third-order valence-electron chi connectivity index (χ3n) is 6.97. The van der Waals surface area contributed by atoms with Crippen LogP contribution in [-0.2, 0) is 12.0 Å². The molecule has 3 rings (SSSR count). The topological polar surface area (TPSA) is 82.0 Å². The fourth-order valence-electron chi connectivity index (χ4n) is 5.26. The highest BCUT2D eigenvalue weighted by Crippen LogP contribution is 2.38. The van der Waals surface area contributed by atoms with Crippen LogP contribution in [0.4, 0.5) is 4.79 Å². The Bertz CT molecular complexity index is 920. The highest BCUT2D eigenvalue weighted by atomic mass is 16.5. The number of nitrogens with zero attached hydrogens (tertiary/aromatic N) is 1. The molecule has 2 aromatic carbocycles. The molecule has 2 aromatic rings. The molecule has 0 spiro atoms. The van der Waals surface area contributed by atoms with E-state index in [4.69, 9.17) is 4.74 Å². The second kappa shape index (κ2) is 11.2. The molecule has 0 heterocycles. The molecule has 1 amide bonds. The molecular weight excluding hydrogens is 428 g/mol. The molecule has 0 radical (unpaired) electrons. The number of amides is 1. The van der Waals surface area contributed by atoms with Crippen molar-refractivity contribution >= 4 is 6.09 Å². The summed E-state index contributed by atoms with van der Waals surface area (Å²) in [5.41, 5.74) is 1.24. The van der Waals surface area contributed by atoms with Crippen molar-refractivity contribution in [1.82, 2.24) is 10.2 Å². The number of benzene rings is 2. The lowest BCUT2D eigenvalue weighted by Crippen LogP contribution is -2.59. The summed E-state index contributed by atoms with van der Waals surface area (Å²) >= 11 is 0. The summed E-state index contributed by atoms with van der Waals surface area (Å²) in [5, 5.41) is 25.2. The third-order valence-corrected chi connectivity index (χ3v) is 6.97. The zero-order valence-corrected chi connectivity index (χ0v) is 21.0. The van der Waals surface area contributed by atoms with Gasteiger partial charge in [0.2, 0.25) is 0 Å². The zero-order chi connectivity index (χ0) is 24.8. The SMILES string of the molecule is COc1cccc(C2(NC[C@@H](O)[C@H](Cc3ccccc3)N(C(=O)O)C(C)(C)C)CCCCC2)c1. The molecule has 1 fully saturated rings. The van der Waals surface area contributed by atoms with Crippen molar-refractivity contribution in [1.29, 1.82) is 0 Å². The molecule has 186 valence electrons. The van der Waals surface area contributed by atoms with Crippen molar-refractivity contribution < 1.29 is 19.7 Å². The largest absolute Gasteiger partial charge is 0.497 e. The van der Waals surface area contributed by atoms with Gasteiger partial charge in [-0.1, -0.05) is 61.7 Å². The number of ether oxygens (including phenoxy) is 1. The van der Waals surface area contributed by atoms with Gasteiger partial charge in [0.15, 0.2) is 0 Å². The van der Waals surface area contributed by atoms with E-state index in [1.54, 1.807) is 7.11 Å². The number of nitrogens with one attached hydrogen (secondary N) is 1. The summed E-state index contributed by atoms with van der Waals surface area (Å²) < 4.78 is 5.47. The Balaban J connectivity index is 1.87. The Kier molecular flexibility index (Phi) is 8.61. The van der Waals surface area contributed by atoms with Crippen molar-refractivity contribution in [2.24, 2.45) is 0 Å². The minimum absolute atomic E-state index is 0.263. The summed E-state index contributed by atoms with van der Waals surface area (Å²) in [6.45, 7) is 5.92. The lowest BCUT2D eigenvalue weighted by molar-refractivity contribution is 0.00343. The quantitative estimate of drug-likeness (QED) is 0.472. The van der Waals surface area contributed by atoms with Crippen molar-refractivity contribution in [3.63, 3.8) is 0 Å². The Morgan fingerprint density at radius 3 is 2.35 bits per heavy atom. The van der Waals surface area contributed by atoms with E-state index < -0.39 is 23.8 Å². The Morgan fingerprint density at radius 1 is 1.09 bits per heavy atom. The minimum Gasteiger partial charge on any atom is -0.497 e. The molecule has 0 saturated heterocycles. The van der Waals surface area contributed by atoms with Gasteiger partial charge in [0.1, 0.15) is 5.75 Å². The summed E-state index contributed by atoms with van der Waals surface area (Å²) in [5.74, 6) is 0.816. The molecule has 0 bridgehead atoms. The highest BCUT2D eigenvalue weighted by Gasteiger charge is 2.39. The van der Waals surface area contributed by atoms with Crippen molar-refractivity contribution in [3.05, 3.63) is 65.7 Å². The van der Waals surface area contributed by atoms with Gasteiger partial charge < -0.3 is 20.3 Å². The molecule has 1 aliphatic carbocycles. The molecule has 0 unspecified atom stereocenters. The maximum Gasteiger partial charge on any atom is 0.408 e. The summed E-state index contributed by atoms with van der Waals surface area (Å²) in [6, 6.07) is 17.3. The van der Waals surface area contributed by atoms with Gasteiger partial charge in [-0.2, -0.15) is 0 Å². The monoisotopic (exact) mass is 468 g/mol. The van der Waals surface area contributed by atoms with Crippen LogP contribution in [0.15, 0.2) is 54.6 Å². The standard InChI is InChI=1S/C28H40N2O4/c1-27(2,3)30(26(32)33)24(18-21-12-7-5-8-13-21)25(31)20-29-28(16-9-6-10-17-28)22-14-11-15-23(19-22)34-4/h5,7-8,11-15,19,24-25,29,31H,6,9-10,16-18,20H2,1-4H3,(H,32,33)/t24-,25+/m0/s1. The second-order valence-electron chi connectivity index (χ2n) is 10.4. The number of hydrogen-bond donors (Lipinski definition) is 3. The van der Waals surface area contributed by atoms with Crippen LogP contribution in [0, 0.1) is 0 Å². The average Bonchev–Trinajstić information content (AvgIpc) is 2.82. The fraction of sp³-hybridized carbons (Fsp3) is 0.536. The molecule has 0 aliphatic heterocycles. The van der Waals surface area contributed by atoms with Crippen LogP contribution in [0.1, 0.15) is 64.0 Å². The van der Waals surface area contributed by atoms with Crippen molar-refractivity contribution in [2.45, 2.75) is 82.5 Å². The van der Waals surface area contributed by atoms with Crippen LogP contribution in [0.25, 0.3) is 0 Å². The van der Waals surface area contributed by atoms with E-state index in [9.17, 15) is 15.0 Å². The van der Waals surface area contributed by atoms with E-state index >= 15 is 0 Å². The van der Waals surface area contributed by atoms with Gasteiger partial charge in [-0.15, -0.1) is 0 Å². The molecule has 1 saturated carbocycles. The summed E-state index contributed by atoms with van der Waals surface area (Å²) in [7, 11) is 1.67. The zero-order valence-electron chi connectivity index (χ0n) is 21.0. The van der Waals surface area contributed by atoms with Gasteiger partial charge in [0.05, 0.1) is 19.3 Å². The van der Waals surface area contributed by atoms with E-state index in [-0.39, 0.29) is 5.54 Å². The van der Waals surface area contributed by atoms with E-state index in [0.29, 0.717) is 13.0 Å². The molecule has 34 heavy (non-hydrogen) atoms. The maximum absolute atomic E-state index is 12.3. The third kappa shape index (κ3) is 6.30. The van der Waals surface area contributed by atoms with Gasteiger partial charge in [0.25, 0.3) is 0 Å². The Morgan fingerprint density at radius 2 is 1.76 bits per heavy atom. The van der Waals surface area contributed by atoms with Crippen LogP contribution in [0.3, 0.4) is 0 Å². The number of hydrogen-bond acceptors (Lipinski definition) is 4. The molecule has 1 aliphatic rings. The molecule has 2 atom stereocenters. The van der Waals surface area contributed by atoms with Crippen LogP contribution in [0.2, 0.25) is 0 Å². The average molecular weight is 469 g/mol. The first-order chi connectivity index (χ1) is 16.2. The number of carboxylic acid groups (broad SMARTS) is 1. The fourth-order valence-corrected chi connectivity index (χ4v) is 5.26. The lowest BCUT2D eigenvalue weighted by Gasteiger charge is -2.44. The van der Waals surface area contributed by atoms with Gasteiger partial charge in [-0.05, 0) is 63.3 Å². The molecule has 0 aromatic heterocycles. The van der Waals surface area contributed by atoms with Crippen LogP contribution in [-0.4, -0.2) is 52.5 Å². The van der Waals surface area contributed by atoms with E-state index in [0.717, 1.165) is 42.6 Å². The normalized spacial score (nSPS) is 17.6. The van der Waals surface area contributed by atoms with E-state index in [2.05, 4.69) is 17.4 Å². The molecular formula is C28H40N2O4. The first-order valence-electron chi connectivity index (χ1n) is 12.3. The number of carbonyl (C=O) groups is 1. The van der Waals surface area contributed by atoms with Crippen molar-refractivity contribution in [3.8, 4) is 5.75 Å². The van der Waals surface area contributed by atoms with Crippen LogP contribution < -0.4 is 10.1 Å². The van der Waals surface area contributed by atoms with Crippen LogP contribution in [0.5, 0.6) is 5.75 Å². The Hall–Kier alpha value is -2.57. The van der Waals surface area contributed by atoms with Crippen LogP contribution >= 0.6 is 0 Å². The van der Waals surface area contributed by atoms with E-state index in [1.165, 1.54) is 11.3 Å². The van der Waals surface area contributed by atoms with Gasteiger partial charge >= 0.3 is 6.09 Å². The molecule has 3 N–H and O–H groups in total. The second-order valence-corrected chi connectivity index (χ2v) is 10.4. The summed E-state index contributed by atoms with van der Waals surface area (Å²) in [6.07, 6.45) is 3.90. The van der Waals surface area contributed by atoms with E-state index in [1.807, 2.05) is 63.2 Å². The summed E-state index contributed by atoms with van der Waals surface area (Å²) in [4.78, 5) is 13.7. The minimum atomic E-state index is -1.02. The maximum atomic E-state index is 12.3. The smallest absolute Gasteiger partial charge is 0.408 e. The Labute approximate surface area is 203 Å². The van der Waals surface area contributed by atoms with Gasteiger partial charge in [-0.25, -0.2) is 4.79 Å². The molecule has 6 heteroatoms. The van der Waals surface area contributed by atoms with Crippen molar-refractivity contribution in [2.75, 3.05) is 13.7 Å². The number of methoxy groups -OCH3 is 1. The van der Waals surface area contributed by atoms with Gasteiger partial charge in [-0.3, -0.25) is 4.90 Å². The highest BCUT2D eigenvalue weighted by molar-refractivity contribution is 5.66. The van der Waals surface area contributed by atoms with Gasteiger partial charge in [0, 0.05) is 17.6 Å². The number of aliphatic hydroxyl groups excluding tert-OH is 1. The first-order valence-corrected chi connectivity index (χ1v) is 12.3. The molecule has 6 nitrogen and oxygen atoms in total. The predicted octanol–water partition coefficient (Wildman–Crippen LogP) is 5.19. The number of rotatable bonds is 9. The first kappa shape index (κ1) is 26.0. The number of aliphatic hydroxyl groups is 1.